The summed E-state index contributed by atoms with van der Waals surface area (Å²) in [4.78, 5) is 28.8. The van der Waals surface area contributed by atoms with Crippen LogP contribution in [0.4, 0.5) is 0 Å². The maximum atomic E-state index is 13.2. The van der Waals surface area contributed by atoms with E-state index in [1.54, 1.807) is 29.2 Å². The molecular weight excluding hydrogens is 380 g/mol. The molecular formula is C24H26N2O4. The Hall–Kier alpha value is -2.96. The average molecular weight is 406 g/mol. The molecule has 2 fully saturated rings. The highest BCUT2D eigenvalue weighted by Gasteiger charge is 2.43. The minimum atomic E-state index is -0.684. The summed E-state index contributed by atoms with van der Waals surface area (Å²) in [6, 6.07) is 17.4. The summed E-state index contributed by atoms with van der Waals surface area (Å²) >= 11 is 0. The molecule has 1 unspecified atom stereocenters. The number of hydrogen-bond acceptors (Lipinski definition) is 4. The zero-order chi connectivity index (χ0) is 20.9. The van der Waals surface area contributed by atoms with Crippen LogP contribution in [0.25, 0.3) is 5.76 Å². The van der Waals surface area contributed by atoms with Gasteiger partial charge in [0.1, 0.15) is 13.1 Å². The Labute approximate surface area is 176 Å². The smallest absolute Gasteiger partial charge is 0.295 e. The SMILES string of the molecule is O=C1C(=O)N(CCC[NH+]2CCOCC2)C(c2ccccc2)C1=C([O-])c1ccccc1. The molecule has 156 valence electrons. The Morgan fingerprint density at radius 3 is 2.30 bits per heavy atom. The highest BCUT2D eigenvalue weighted by Crippen LogP contribution is 2.38. The Bertz CT molecular complexity index is 921. The predicted octanol–water partition coefficient (Wildman–Crippen LogP) is 0.216. The van der Waals surface area contributed by atoms with E-state index in [2.05, 4.69) is 0 Å². The highest BCUT2D eigenvalue weighted by molar-refractivity contribution is 6.46. The van der Waals surface area contributed by atoms with Gasteiger partial charge in [-0.25, -0.2) is 0 Å². The Morgan fingerprint density at radius 1 is 1.00 bits per heavy atom. The van der Waals surface area contributed by atoms with E-state index in [4.69, 9.17) is 4.74 Å². The van der Waals surface area contributed by atoms with E-state index in [0.717, 1.165) is 44.8 Å². The number of hydrogen-bond donors (Lipinski definition) is 1. The van der Waals surface area contributed by atoms with Crippen LogP contribution in [0.2, 0.25) is 0 Å². The predicted molar refractivity (Wildman–Crippen MR) is 110 cm³/mol. The summed E-state index contributed by atoms with van der Waals surface area (Å²) in [6.07, 6.45) is 0.768. The van der Waals surface area contributed by atoms with Crippen LogP contribution in [0.3, 0.4) is 0 Å². The van der Waals surface area contributed by atoms with Gasteiger partial charge in [-0.1, -0.05) is 66.4 Å². The van der Waals surface area contributed by atoms with Crippen molar-refractivity contribution in [3.05, 3.63) is 77.4 Å². The minimum absolute atomic E-state index is 0.0520. The van der Waals surface area contributed by atoms with Crippen LogP contribution < -0.4 is 10.0 Å². The number of quaternary nitrogens is 1. The number of ketones is 1. The fraction of sp³-hybridized carbons (Fsp3) is 0.333. The number of Topliss-reactive ketones (excluding diaryl/α,β-unsaturated/α-hetero) is 1. The molecule has 6 nitrogen and oxygen atoms in total. The van der Waals surface area contributed by atoms with Crippen molar-refractivity contribution in [3.63, 3.8) is 0 Å². The molecule has 2 heterocycles. The van der Waals surface area contributed by atoms with Crippen molar-refractivity contribution < 1.29 is 24.3 Å². The topological polar surface area (TPSA) is 74.1 Å². The van der Waals surface area contributed by atoms with Gasteiger partial charge in [0, 0.05) is 18.5 Å². The summed E-state index contributed by atoms with van der Waals surface area (Å²) in [5.41, 5.74) is 1.26. The normalized spacial score (nSPS) is 21.9. The van der Waals surface area contributed by atoms with Crippen molar-refractivity contribution in [2.75, 3.05) is 39.4 Å². The molecule has 0 saturated carbocycles. The lowest BCUT2D eigenvalue weighted by molar-refractivity contribution is -0.908. The molecule has 1 amide bonds. The summed E-state index contributed by atoms with van der Waals surface area (Å²) < 4.78 is 5.40. The number of rotatable bonds is 6. The maximum absolute atomic E-state index is 13.2. The second-order valence-corrected chi connectivity index (χ2v) is 7.72. The largest absolute Gasteiger partial charge is 0.872 e. The van der Waals surface area contributed by atoms with Crippen LogP contribution in [0.5, 0.6) is 0 Å². The van der Waals surface area contributed by atoms with E-state index in [1.807, 2.05) is 36.4 Å². The van der Waals surface area contributed by atoms with Gasteiger partial charge in [-0.3, -0.25) is 9.59 Å². The first-order valence-corrected chi connectivity index (χ1v) is 10.4. The van der Waals surface area contributed by atoms with Gasteiger partial charge in [-0.15, -0.1) is 0 Å². The van der Waals surface area contributed by atoms with Crippen molar-refractivity contribution in [2.45, 2.75) is 12.5 Å². The zero-order valence-electron chi connectivity index (χ0n) is 16.9. The highest BCUT2D eigenvalue weighted by atomic mass is 16.5. The number of ether oxygens (including phenoxy) is 1. The zero-order valence-corrected chi connectivity index (χ0v) is 16.9. The van der Waals surface area contributed by atoms with Crippen LogP contribution in [0.1, 0.15) is 23.6 Å². The lowest BCUT2D eigenvalue weighted by Crippen LogP contribution is -3.14. The maximum Gasteiger partial charge on any atom is 0.295 e. The first-order valence-electron chi connectivity index (χ1n) is 10.4. The summed E-state index contributed by atoms with van der Waals surface area (Å²) in [5, 5.41) is 13.2. The van der Waals surface area contributed by atoms with Crippen molar-refractivity contribution in [3.8, 4) is 0 Å². The molecule has 30 heavy (non-hydrogen) atoms. The van der Waals surface area contributed by atoms with E-state index in [1.165, 1.54) is 4.90 Å². The Balaban J connectivity index is 1.63. The third kappa shape index (κ3) is 4.15. The number of likely N-dealkylation sites (tertiary alicyclic amines) is 1. The molecule has 4 rings (SSSR count). The van der Waals surface area contributed by atoms with Gasteiger partial charge >= 0.3 is 0 Å². The van der Waals surface area contributed by atoms with Gasteiger partial charge in [-0.05, 0) is 11.1 Å². The van der Waals surface area contributed by atoms with Crippen molar-refractivity contribution in [2.24, 2.45) is 0 Å². The second kappa shape index (κ2) is 9.24. The van der Waals surface area contributed by atoms with Crippen LogP contribution in [0.15, 0.2) is 66.2 Å². The fourth-order valence-corrected chi connectivity index (χ4v) is 4.24. The number of carbonyl (C=O) groups is 2. The van der Waals surface area contributed by atoms with Crippen molar-refractivity contribution in [1.82, 2.24) is 4.90 Å². The molecule has 1 N–H and O–H groups in total. The van der Waals surface area contributed by atoms with E-state index in [0.29, 0.717) is 12.1 Å². The summed E-state index contributed by atoms with van der Waals surface area (Å²) in [6.45, 7) is 4.78. The lowest BCUT2D eigenvalue weighted by Gasteiger charge is -2.29. The fourth-order valence-electron chi connectivity index (χ4n) is 4.24. The number of amides is 1. The number of nitrogens with zero attached hydrogens (tertiary/aromatic N) is 1. The Kier molecular flexibility index (Phi) is 6.26. The quantitative estimate of drug-likeness (QED) is 0.423. The molecule has 0 spiro atoms. The van der Waals surface area contributed by atoms with Crippen LogP contribution in [-0.2, 0) is 14.3 Å². The van der Waals surface area contributed by atoms with Gasteiger partial charge in [0.2, 0.25) is 5.78 Å². The molecule has 0 aliphatic carbocycles. The first kappa shape index (κ1) is 20.3. The second-order valence-electron chi connectivity index (χ2n) is 7.72. The summed E-state index contributed by atoms with van der Waals surface area (Å²) in [5.74, 6) is -1.64. The number of benzene rings is 2. The molecule has 6 heteroatoms. The van der Waals surface area contributed by atoms with Crippen molar-refractivity contribution >= 4 is 17.4 Å². The number of morpholine rings is 1. The van der Waals surface area contributed by atoms with Crippen molar-refractivity contribution in [1.29, 1.82) is 0 Å². The molecule has 1 atom stereocenters. The van der Waals surface area contributed by atoms with Gasteiger partial charge in [-0.2, -0.15) is 0 Å². The van der Waals surface area contributed by atoms with Crippen LogP contribution >= 0.6 is 0 Å². The molecule has 0 aromatic heterocycles. The van der Waals surface area contributed by atoms with Crippen LogP contribution in [0, 0.1) is 0 Å². The summed E-state index contributed by atoms with van der Waals surface area (Å²) in [7, 11) is 0. The Morgan fingerprint density at radius 2 is 1.63 bits per heavy atom. The first-order chi connectivity index (χ1) is 14.7. The number of nitrogens with one attached hydrogen (secondary N) is 1. The van der Waals surface area contributed by atoms with Gasteiger partial charge < -0.3 is 19.6 Å². The third-order valence-corrected chi connectivity index (χ3v) is 5.81. The van der Waals surface area contributed by atoms with E-state index >= 15 is 0 Å². The van der Waals surface area contributed by atoms with Gasteiger partial charge in [0.05, 0.1) is 25.8 Å². The molecule has 2 saturated heterocycles. The third-order valence-electron chi connectivity index (χ3n) is 5.81. The molecule has 0 radical (unpaired) electrons. The molecule has 2 aliphatic heterocycles. The minimum Gasteiger partial charge on any atom is -0.872 e. The molecule has 2 aliphatic rings. The monoisotopic (exact) mass is 406 g/mol. The van der Waals surface area contributed by atoms with E-state index in [-0.39, 0.29) is 11.3 Å². The van der Waals surface area contributed by atoms with Gasteiger partial charge in [0.25, 0.3) is 5.91 Å². The lowest BCUT2D eigenvalue weighted by atomic mass is 9.95. The van der Waals surface area contributed by atoms with E-state index in [9.17, 15) is 14.7 Å². The molecule has 2 aromatic carbocycles. The standard InChI is InChI=1S/C24H26N2O4/c27-22(19-10-5-2-6-11-19)20-21(18-8-3-1-4-9-18)26(24(29)23(20)28)13-7-12-25-14-16-30-17-15-25/h1-6,8-11,21,27H,7,12-17H2. The van der Waals surface area contributed by atoms with Gasteiger partial charge in [0.15, 0.2) is 0 Å². The van der Waals surface area contributed by atoms with Crippen LogP contribution in [-0.4, -0.2) is 56.0 Å². The number of carbonyl (C=O) groups excluding carboxylic acids is 2. The molecule has 0 bridgehead atoms. The van der Waals surface area contributed by atoms with E-state index < -0.39 is 17.7 Å². The average Bonchev–Trinajstić information content (AvgIpc) is 3.05. The molecule has 2 aromatic rings.